The lowest BCUT2D eigenvalue weighted by molar-refractivity contribution is -0.136. The summed E-state index contributed by atoms with van der Waals surface area (Å²) in [6.07, 6.45) is 8.80. The monoisotopic (exact) mass is 250 g/mol. The number of carbonyl (C=O) groups is 2. The standard InChI is InChI=1S/C14H22N2O2/c17-9-11-5-3-7-16(11)14(18)13-8-10-4-1-2-6-12(10)15-13/h9-13,15H,1-8H2/t10-,11+,12?,13+/m1/s1. The summed E-state index contributed by atoms with van der Waals surface area (Å²) in [5, 5.41) is 3.51. The first-order valence-corrected chi connectivity index (χ1v) is 7.31. The van der Waals surface area contributed by atoms with Gasteiger partial charge in [-0.15, -0.1) is 0 Å². The Labute approximate surface area is 108 Å². The normalized spacial score (nSPS) is 39.7. The van der Waals surface area contributed by atoms with Gasteiger partial charge in [0.1, 0.15) is 6.29 Å². The number of fused-ring (bicyclic) bond motifs is 1. The van der Waals surface area contributed by atoms with Crippen LogP contribution in [0.25, 0.3) is 0 Å². The highest BCUT2D eigenvalue weighted by atomic mass is 16.2. The summed E-state index contributed by atoms with van der Waals surface area (Å²) in [6, 6.07) is 0.352. The van der Waals surface area contributed by atoms with Gasteiger partial charge in [-0.1, -0.05) is 12.8 Å². The molecule has 4 nitrogen and oxygen atoms in total. The van der Waals surface area contributed by atoms with Crippen molar-refractivity contribution in [1.29, 1.82) is 0 Å². The third-order valence-corrected chi connectivity index (χ3v) is 4.90. The molecule has 3 aliphatic rings. The second-order valence-electron chi connectivity index (χ2n) is 5.98. The van der Waals surface area contributed by atoms with Crippen molar-refractivity contribution in [2.45, 2.75) is 63.1 Å². The van der Waals surface area contributed by atoms with E-state index in [-0.39, 0.29) is 18.0 Å². The summed E-state index contributed by atoms with van der Waals surface area (Å²) in [6.45, 7) is 0.760. The lowest BCUT2D eigenvalue weighted by Crippen LogP contribution is -2.47. The fourth-order valence-corrected chi connectivity index (χ4v) is 3.92. The molecule has 0 aromatic heterocycles. The average molecular weight is 250 g/mol. The Hall–Kier alpha value is -0.900. The molecule has 0 spiro atoms. The Bertz CT molecular complexity index is 331. The van der Waals surface area contributed by atoms with Gasteiger partial charge in [-0.25, -0.2) is 0 Å². The third-order valence-electron chi connectivity index (χ3n) is 4.90. The highest BCUT2D eigenvalue weighted by Crippen LogP contribution is 2.34. The van der Waals surface area contributed by atoms with E-state index in [0.29, 0.717) is 12.0 Å². The van der Waals surface area contributed by atoms with Gasteiger partial charge in [0.05, 0.1) is 12.1 Å². The zero-order chi connectivity index (χ0) is 12.5. The van der Waals surface area contributed by atoms with Gasteiger partial charge in [-0.3, -0.25) is 4.79 Å². The zero-order valence-corrected chi connectivity index (χ0v) is 10.8. The van der Waals surface area contributed by atoms with Crippen LogP contribution in [-0.4, -0.2) is 41.8 Å². The Balaban J connectivity index is 1.64. The van der Waals surface area contributed by atoms with Crippen molar-refractivity contribution in [3.8, 4) is 0 Å². The zero-order valence-electron chi connectivity index (χ0n) is 10.8. The lowest BCUT2D eigenvalue weighted by atomic mass is 9.85. The van der Waals surface area contributed by atoms with Crippen molar-refractivity contribution >= 4 is 12.2 Å². The number of rotatable bonds is 2. The molecule has 4 heteroatoms. The number of hydrogen-bond acceptors (Lipinski definition) is 3. The van der Waals surface area contributed by atoms with Crippen molar-refractivity contribution in [3.63, 3.8) is 0 Å². The topological polar surface area (TPSA) is 49.4 Å². The number of carbonyl (C=O) groups excluding carboxylic acids is 2. The molecule has 1 saturated carbocycles. The Morgan fingerprint density at radius 1 is 1.17 bits per heavy atom. The van der Waals surface area contributed by atoms with Crippen molar-refractivity contribution in [2.75, 3.05) is 6.54 Å². The SMILES string of the molecule is O=C[C@@H]1CCCN1C(=O)[C@@H]1C[C@H]2CCCCC2N1. The highest BCUT2D eigenvalue weighted by Gasteiger charge is 2.41. The fraction of sp³-hybridized carbons (Fsp3) is 0.857. The van der Waals surface area contributed by atoms with E-state index in [0.717, 1.165) is 32.1 Å². The summed E-state index contributed by atoms with van der Waals surface area (Å²) in [5.41, 5.74) is 0. The summed E-state index contributed by atoms with van der Waals surface area (Å²) in [5.74, 6) is 0.851. The maximum atomic E-state index is 12.5. The van der Waals surface area contributed by atoms with E-state index in [9.17, 15) is 9.59 Å². The fourth-order valence-electron chi connectivity index (χ4n) is 3.92. The van der Waals surface area contributed by atoms with Crippen molar-refractivity contribution in [3.05, 3.63) is 0 Å². The summed E-state index contributed by atoms with van der Waals surface area (Å²) in [7, 11) is 0. The lowest BCUT2D eigenvalue weighted by Gasteiger charge is -2.25. The molecule has 0 bridgehead atoms. The third kappa shape index (κ3) is 2.07. The summed E-state index contributed by atoms with van der Waals surface area (Å²) >= 11 is 0. The van der Waals surface area contributed by atoms with Gasteiger partial charge < -0.3 is 15.0 Å². The molecule has 18 heavy (non-hydrogen) atoms. The first kappa shape index (κ1) is 12.2. The minimum atomic E-state index is -0.165. The average Bonchev–Trinajstić information content (AvgIpc) is 3.03. The van der Waals surface area contributed by atoms with Gasteiger partial charge in [-0.2, -0.15) is 0 Å². The molecule has 1 N–H and O–H groups in total. The molecule has 2 aliphatic heterocycles. The van der Waals surface area contributed by atoms with Gasteiger partial charge in [0, 0.05) is 12.6 Å². The second kappa shape index (κ2) is 5.00. The van der Waals surface area contributed by atoms with Crippen LogP contribution in [0.15, 0.2) is 0 Å². The highest BCUT2D eigenvalue weighted by molar-refractivity contribution is 5.85. The number of nitrogens with one attached hydrogen (secondary N) is 1. The van der Waals surface area contributed by atoms with Gasteiger partial charge in [0.25, 0.3) is 0 Å². The predicted octanol–water partition coefficient (Wildman–Crippen LogP) is 1.10. The molecular weight excluding hydrogens is 228 g/mol. The quantitative estimate of drug-likeness (QED) is 0.747. The summed E-state index contributed by atoms with van der Waals surface area (Å²) < 4.78 is 0. The molecule has 2 heterocycles. The molecule has 3 fully saturated rings. The molecule has 4 atom stereocenters. The van der Waals surface area contributed by atoms with E-state index < -0.39 is 0 Å². The Morgan fingerprint density at radius 2 is 2.00 bits per heavy atom. The van der Waals surface area contributed by atoms with Crippen LogP contribution in [0.3, 0.4) is 0 Å². The van der Waals surface area contributed by atoms with Gasteiger partial charge in [0.15, 0.2) is 0 Å². The number of aldehydes is 1. The Morgan fingerprint density at radius 3 is 2.78 bits per heavy atom. The van der Waals surface area contributed by atoms with Crippen LogP contribution in [0, 0.1) is 5.92 Å². The molecule has 1 unspecified atom stereocenters. The number of nitrogens with zero attached hydrogens (tertiary/aromatic N) is 1. The predicted molar refractivity (Wildman–Crippen MR) is 68.1 cm³/mol. The molecule has 2 saturated heterocycles. The van der Waals surface area contributed by atoms with Crippen molar-refractivity contribution in [2.24, 2.45) is 5.92 Å². The van der Waals surface area contributed by atoms with E-state index in [1.807, 2.05) is 0 Å². The smallest absolute Gasteiger partial charge is 0.240 e. The molecule has 3 rings (SSSR count). The van der Waals surface area contributed by atoms with Gasteiger partial charge >= 0.3 is 0 Å². The van der Waals surface area contributed by atoms with E-state index in [4.69, 9.17) is 0 Å². The van der Waals surface area contributed by atoms with Crippen molar-refractivity contribution in [1.82, 2.24) is 10.2 Å². The largest absolute Gasteiger partial charge is 0.332 e. The number of hydrogen-bond donors (Lipinski definition) is 1. The number of likely N-dealkylation sites (tertiary alicyclic amines) is 1. The van der Waals surface area contributed by atoms with Gasteiger partial charge in [0.2, 0.25) is 5.91 Å². The molecule has 0 radical (unpaired) electrons. The van der Waals surface area contributed by atoms with Crippen LogP contribution >= 0.6 is 0 Å². The first-order chi connectivity index (χ1) is 8.79. The maximum absolute atomic E-state index is 12.5. The van der Waals surface area contributed by atoms with Gasteiger partial charge in [-0.05, 0) is 38.0 Å². The van der Waals surface area contributed by atoms with E-state index in [1.54, 1.807) is 4.90 Å². The van der Waals surface area contributed by atoms with E-state index in [1.165, 1.54) is 25.7 Å². The molecule has 1 aliphatic carbocycles. The summed E-state index contributed by atoms with van der Waals surface area (Å²) in [4.78, 5) is 25.2. The second-order valence-corrected chi connectivity index (χ2v) is 5.98. The van der Waals surface area contributed by atoms with E-state index in [2.05, 4.69) is 5.32 Å². The Kier molecular flexibility index (Phi) is 3.37. The molecule has 100 valence electrons. The van der Waals surface area contributed by atoms with Crippen LogP contribution < -0.4 is 5.32 Å². The van der Waals surface area contributed by atoms with Crippen LogP contribution in [0.5, 0.6) is 0 Å². The minimum Gasteiger partial charge on any atom is -0.332 e. The molecule has 0 aromatic carbocycles. The first-order valence-electron chi connectivity index (χ1n) is 7.31. The maximum Gasteiger partial charge on any atom is 0.240 e. The molecular formula is C14H22N2O2. The van der Waals surface area contributed by atoms with Crippen LogP contribution in [0.4, 0.5) is 0 Å². The van der Waals surface area contributed by atoms with Crippen LogP contribution in [0.2, 0.25) is 0 Å². The molecule has 1 amide bonds. The van der Waals surface area contributed by atoms with Crippen LogP contribution in [-0.2, 0) is 9.59 Å². The van der Waals surface area contributed by atoms with Crippen LogP contribution in [0.1, 0.15) is 44.9 Å². The van der Waals surface area contributed by atoms with E-state index >= 15 is 0 Å². The van der Waals surface area contributed by atoms with Crippen molar-refractivity contribution < 1.29 is 9.59 Å². The minimum absolute atomic E-state index is 0.0290. The molecule has 0 aromatic rings. The number of amides is 1.